The molecule has 126 valence electrons. The highest BCUT2D eigenvalue weighted by Gasteiger charge is 2.16. The Hall–Kier alpha value is -1.37. The molecule has 0 aliphatic carbocycles. The van der Waals surface area contributed by atoms with Gasteiger partial charge in [-0.25, -0.2) is 0 Å². The average molecular weight is 429 g/mol. The molecule has 24 heavy (non-hydrogen) atoms. The minimum Gasteiger partial charge on any atom is -0.486 e. The normalized spacial score (nSPS) is 12.8. The van der Waals surface area contributed by atoms with Crippen LogP contribution in [0.4, 0.5) is 5.69 Å². The van der Waals surface area contributed by atoms with Gasteiger partial charge in [0.05, 0.1) is 5.69 Å². The maximum Gasteiger partial charge on any atom is 0.225 e. The third-order valence-electron chi connectivity index (χ3n) is 3.32. The van der Waals surface area contributed by atoms with Gasteiger partial charge in [-0.15, -0.1) is 11.8 Å². The number of halogens is 2. The summed E-state index contributed by atoms with van der Waals surface area (Å²) in [5.74, 6) is 1.98. The monoisotopic (exact) mass is 427 g/mol. The van der Waals surface area contributed by atoms with Crippen molar-refractivity contribution in [1.82, 2.24) is 0 Å². The van der Waals surface area contributed by atoms with Crippen LogP contribution in [0.25, 0.3) is 0 Å². The summed E-state index contributed by atoms with van der Waals surface area (Å²) >= 11 is 10.9. The Kier molecular flexibility index (Phi) is 5.92. The second-order valence-electron chi connectivity index (χ2n) is 5.08. The molecule has 1 aliphatic rings. The first-order valence-corrected chi connectivity index (χ1v) is 9.55. The standard InChI is InChI=1S/C17H15BrClNO3S/c18-13-9-15-16(23-7-6-22-15)10-14(13)20-17(21)5-8-24-12-3-1-11(19)2-4-12/h1-4,9-10H,5-8H2,(H,20,21). The van der Waals surface area contributed by atoms with E-state index in [1.165, 1.54) is 0 Å². The summed E-state index contributed by atoms with van der Waals surface area (Å²) in [5, 5.41) is 3.61. The van der Waals surface area contributed by atoms with E-state index in [1.807, 2.05) is 30.3 Å². The van der Waals surface area contributed by atoms with Crippen molar-refractivity contribution in [2.24, 2.45) is 0 Å². The lowest BCUT2D eigenvalue weighted by molar-refractivity contribution is -0.115. The molecule has 0 saturated heterocycles. The number of carbonyl (C=O) groups excluding carboxylic acids is 1. The molecule has 1 N–H and O–H groups in total. The molecule has 0 bridgehead atoms. The lowest BCUT2D eigenvalue weighted by atomic mass is 10.2. The van der Waals surface area contributed by atoms with Crippen LogP contribution in [0.2, 0.25) is 5.02 Å². The van der Waals surface area contributed by atoms with Crippen molar-refractivity contribution in [1.29, 1.82) is 0 Å². The van der Waals surface area contributed by atoms with Gasteiger partial charge in [-0.05, 0) is 40.2 Å². The molecule has 0 spiro atoms. The SMILES string of the molecule is O=C(CCSc1ccc(Cl)cc1)Nc1cc2c(cc1Br)OCCO2. The molecule has 1 aliphatic heterocycles. The Morgan fingerprint density at radius 1 is 1.17 bits per heavy atom. The van der Waals surface area contributed by atoms with Crippen LogP contribution in [0, 0.1) is 0 Å². The van der Waals surface area contributed by atoms with Crippen molar-refractivity contribution < 1.29 is 14.3 Å². The first-order valence-electron chi connectivity index (χ1n) is 7.39. The fraction of sp³-hybridized carbons (Fsp3) is 0.235. The summed E-state index contributed by atoms with van der Waals surface area (Å²) in [6, 6.07) is 11.2. The highest BCUT2D eigenvalue weighted by atomic mass is 79.9. The quantitative estimate of drug-likeness (QED) is 0.681. The number of nitrogens with one attached hydrogen (secondary N) is 1. The Morgan fingerprint density at radius 3 is 2.54 bits per heavy atom. The van der Waals surface area contributed by atoms with E-state index in [-0.39, 0.29) is 5.91 Å². The smallest absolute Gasteiger partial charge is 0.225 e. The molecule has 0 fully saturated rings. The molecule has 1 amide bonds. The second kappa shape index (κ2) is 8.14. The molecule has 7 heteroatoms. The van der Waals surface area contributed by atoms with E-state index in [4.69, 9.17) is 21.1 Å². The molecule has 0 aromatic heterocycles. The molecule has 0 atom stereocenters. The number of hydrogen-bond donors (Lipinski definition) is 1. The largest absolute Gasteiger partial charge is 0.486 e. The highest BCUT2D eigenvalue weighted by molar-refractivity contribution is 9.10. The minimum absolute atomic E-state index is 0.0474. The molecule has 3 rings (SSSR count). The maximum absolute atomic E-state index is 12.1. The molecule has 4 nitrogen and oxygen atoms in total. The molecule has 1 heterocycles. The lowest BCUT2D eigenvalue weighted by Crippen LogP contribution is -2.17. The van der Waals surface area contributed by atoms with Crippen molar-refractivity contribution in [2.45, 2.75) is 11.3 Å². The number of ether oxygens (including phenoxy) is 2. The van der Waals surface area contributed by atoms with Gasteiger partial charge in [0.1, 0.15) is 13.2 Å². The van der Waals surface area contributed by atoms with Crippen LogP contribution in [0.15, 0.2) is 45.8 Å². The number of benzene rings is 2. The van der Waals surface area contributed by atoms with Gasteiger partial charge in [-0.1, -0.05) is 11.6 Å². The van der Waals surface area contributed by atoms with E-state index in [9.17, 15) is 4.79 Å². The van der Waals surface area contributed by atoms with Crippen LogP contribution in [0.5, 0.6) is 11.5 Å². The highest BCUT2D eigenvalue weighted by Crippen LogP contribution is 2.38. The molecule has 0 unspecified atom stereocenters. The molecule has 0 saturated carbocycles. The zero-order chi connectivity index (χ0) is 16.9. The summed E-state index contributed by atoms with van der Waals surface area (Å²) < 4.78 is 11.8. The third kappa shape index (κ3) is 4.59. The van der Waals surface area contributed by atoms with Crippen molar-refractivity contribution in [3.63, 3.8) is 0 Å². The summed E-state index contributed by atoms with van der Waals surface area (Å²) in [7, 11) is 0. The average Bonchev–Trinajstić information content (AvgIpc) is 2.57. The van der Waals surface area contributed by atoms with Crippen LogP contribution >= 0.6 is 39.3 Å². The van der Waals surface area contributed by atoms with Gasteiger partial charge in [-0.3, -0.25) is 4.79 Å². The van der Waals surface area contributed by atoms with E-state index in [1.54, 1.807) is 17.8 Å². The van der Waals surface area contributed by atoms with Gasteiger partial charge < -0.3 is 14.8 Å². The Morgan fingerprint density at radius 2 is 1.83 bits per heavy atom. The van der Waals surface area contributed by atoms with Crippen LogP contribution < -0.4 is 14.8 Å². The fourth-order valence-electron chi connectivity index (χ4n) is 2.16. The lowest BCUT2D eigenvalue weighted by Gasteiger charge is -2.20. The first kappa shape index (κ1) is 17.5. The van der Waals surface area contributed by atoms with Gasteiger partial charge in [0.2, 0.25) is 5.91 Å². The summed E-state index contributed by atoms with van der Waals surface area (Å²) in [4.78, 5) is 13.2. The number of carbonyl (C=O) groups is 1. The number of anilines is 1. The predicted octanol–water partition coefficient (Wildman–Crippen LogP) is 4.99. The fourth-order valence-corrected chi connectivity index (χ4v) is 3.56. The maximum atomic E-state index is 12.1. The van der Waals surface area contributed by atoms with Crippen LogP contribution in [0.3, 0.4) is 0 Å². The van der Waals surface area contributed by atoms with Crippen LogP contribution in [0.1, 0.15) is 6.42 Å². The number of hydrogen-bond acceptors (Lipinski definition) is 4. The van der Waals surface area contributed by atoms with E-state index >= 15 is 0 Å². The molecule has 2 aromatic carbocycles. The van der Waals surface area contributed by atoms with Gasteiger partial charge in [0, 0.05) is 38.7 Å². The van der Waals surface area contributed by atoms with Gasteiger partial charge >= 0.3 is 0 Å². The first-order chi connectivity index (χ1) is 11.6. The van der Waals surface area contributed by atoms with E-state index in [2.05, 4.69) is 21.2 Å². The number of fused-ring (bicyclic) bond motifs is 1. The molecular weight excluding hydrogens is 414 g/mol. The summed E-state index contributed by atoms with van der Waals surface area (Å²) in [6.07, 6.45) is 0.411. The van der Waals surface area contributed by atoms with Gasteiger partial charge in [0.15, 0.2) is 11.5 Å². The van der Waals surface area contributed by atoms with Gasteiger partial charge in [0.25, 0.3) is 0 Å². The topological polar surface area (TPSA) is 47.6 Å². The second-order valence-corrected chi connectivity index (χ2v) is 7.54. The zero-order valence-corrected chi connectivity index (χ0v) is 15.8. The molecule has 0 radical (unpaired) electrons. The Bertz CT molecular complexity index is 739. The Balaban J connectivity index is 1.54. The van der Waals surface area contributed by atoms with E-state index < -0.39 is 0 Å². The van der Waals surface area contributed by atoms with E-state index in [0.717, 1.165) is 9.37 Å². The number of rotatable bonds is 5. The minimum atomic E-state index is -0.0474. The summed E-state index contributed by atoms with van der Waals surface area (Å²) in [5.41, 5.74) is 0.681. The predicted molar refractivity (Wildman–Crippen MR) is 101 cm³/mol. The van der Waals surface area contributed by atoms with Crippen molar-refractivity contribution in [3.05, 3.63) is 45.9 Å². The number of thioether (sulfide) groups is 1. The van der Waals surface area contributed by atoms with Crippen molar-refractivity contribution in [3.8, 4) is 11.5 Å². The van der Waals surface area contributed by atoms with Crippen LogP contribution in [-0.2, 0) is 4.79 Å². The number of amides is 1. The van der Waals surface area contributed by atoms with Crippen molar-refractivity contribution >= 4 is 50.9 Å². The zero-order valence-electron chi connectivity index (χ0n) is 12.7. The van der Waals surface area contributed by atoms with Gasteiger partial charge in [-0.2, -0.15) is 0 Å². The molecular formula is C17H15BrClNO3S. The van der Waals surface area contributed by atoms with Crippen LogP contribution in [-0.4, -0.2) is 24.9 Å². The summed E-state index contributed by atoms with van der Waals surface area (Å²) in [6.45, 7) is 1.05. The Labute approximate surface area is 158 Å². The third-order valence-corrected chi connectivity index (χ3v) is 5.24. The van der Waals surface area contributed by atoms with Crippen molar-refractivity contribution in [2.75, 3.05) is 24.3 Å². The molecule has 2 aromatic rings. The van der Waals surface area contributed by atoms with E-state index in [0.29, 0.717) is 47.6 Å².